The predicted octanol–water partition coefficient (Wildman–Crippen LogP) is 4.52. The average molecular weight is 315 g/mol. The summed E-state index contributed by atoms with van der Waals surface area (Å²) in [6.07, 6.45) is 0.820. The Morgan fingerprint density at radius 2 is 2.20 bits per heavy atom. The van der Waals surface area contributed by atoms with E-state index >= 15 is 0 Å². The Kier molecular flexibility index (Phi) is 5.09. The lowest BCUT2D eigenvalue weighted by atomic mass is 10.2. The topological polar surface area (TPSA) is 47.3 Å². The molecule has 0 spiro atoms. The molecule has 6 heteroatoms. The number of thiophene rings is 1. The molecule has 1 aromatic carbocycles. The first-order valence-corrected chi connectivity index (χ1v) is 7.49. The van der Waals surface area contributed by atoms with Gasteiger partial charge in [0.25, 0.3) is 0 Å². The SMILES string of the molecule is CCCOc1cc(NCc2ccc(Cl)s2)c(N)cc1F. The molecule has 0 atom stereocenters. The first kappa shape index (κ1) is 14.9. The molecule has 0 aliphatic carbocycles. The molecule has 108 valence electrons. The third kappa shape index (κ3) is 3.77. The smallest absolute Gasteiger partial charge is 0.167 e. The first-order valence-electron chi connectivity index (χ1n) is 6.30. The normalized spacial score (nSPS) is 10.6. The van der Waals surface area contributed by atoms with Crippen LogP contribution in [0.15, 0.2) is 24.3 Å². The number of benzene rings is 1. The molecular formula is C14H16ClFN2OS. The average Bonchev–Trinajstić information content (AvgIpc) is 2.82. The Morgan fingerprint density at radius 3 is 2.85 bits per heavy atom. The van der Waals surface area contributed by atoms with Crippen molar-refractivity contribution < 1.29 is 9.13 Å². The minimum absolute atomic E-state index is 0.216. The minimum atomic E-state index is -0.444. The van der Waals surface area contributed by atoms with Crippen molar-refractivity contribution >= 4 is 34.3 Å². The monoisotopic (exact) mass is 314 g/mol. The summed E-state index contributed by atoms with van der Waals surface area (Å²) in [6, 6.07) is 6.64. The molecule has 0 aliphatic heterocycles. The van der Waals surface area contributed by atoms with Gasteiger partial charge in [-0.15, -0.1) is 11.3 Å². The van der Waals surface area contributed by atoms with Gasteiger partial charge in [0.1, 0.15) is 0 Å². The molecule has 0 saturated carbocycles. The van der Waals surface area contributed by atoms with Gasteiger partial charge < -0.3 is 15.8 Å². The van der Waals surface area contributed by atoms with Gasteiger partial charge in [-0.25, -0.2) is 4.39 Å². The second-order valence-corrected chi connectivity index (χ2v) is 6.08. The maximum absolute atomic E-state index is 13.7. The summed E-state index contributed by atoms with van der Waals surface area (Å²) in [5, 5.41) is 3.17. The first-order chi connectivity index (χ1) is 9.60. The second kappa shape index (κ2) is 6.81. The summed E-state index contributed by atoms with van der Waals surface area (Å²) in [7, 11) is 0. The Labute approximate surface area is 126 Å². The lowest BCUT2D eigenvalue weighted by Gasteiger charge is -2.12. The Balaban J connectivity index is 2.09. The van der Waals surface area contributed by atoms with E-state index in [1.165, 1.54) is 17.4 Å². The number of anilines is 2. The molecule has 2 rings (SSSR count). The van der Waals surface area contributed by atoms with Crippen LogP contribution in [0.2, 0.25) is 4.34 Å². The third-order valence-electron chi connectivity index (χ3n) is 2.65. The highest BCUT2D eigenvalue weighted by Crippen LogP contribution is 2.29. The Morgan fingerprint density at radius 1 is 1.40 bits per heavy atom. The fourth-order valence-electron chi connectivity index (χ4n) is 1.67. The molecule has 3 nitrogen and oxygen atoms in total. The molecule has 20 heavy (non-hydrogen) atoms. The molecule has 1 heterocycles. The molecule has 1 aromatic heterocycles. The van der Waals surface area contributed by atoms with Gasteiger partial charge >= 0.3 is 0 Å². The number of ether oxygens (including phenoxy) is 1. The van der Waals surface area contributed by atoms with Crippen molar-refractivity contribution in [2.24, 2.45) is 0 Å². The fraction of sp³-hybridized carbons (Fsp3) is 0.286. The molecular weight excluding hydrogens is 299 g/mol. The summed E-state index contributed by atoms with van der Waals surface area (Å²) >= 11 is 7.36. The van der Waals surface area contributed by atoms with E-state index in [1.54, 1.807) is 6.07 Å². The van der Waals surface area contributed by atoms with E-state index < -0.39 is 5.82 Å². The fourth-order valence-corrected chi connectivity index (χ4v) is 2.70. The lowest BCUT2D eigenvalue weighted by molar-refractivity contribution is 0.301. The number of nitrogen functional groups attached to an aromatic ring is 1. The van der Waals surface area contributed by atoms with E-state index in [4.69, 9.17) is 22.1 Å². The van der Waals surface area contributed by atoms with Gasteiger partial charge in [0.15, 0.2) is 11.6 Å². The maximum atomic E-state index is 13.7. The highest BCUT2D eigenvalue weighted by Gasteiger charge is 2.09. The van der Waals surface area contributed by atoms with Crippen LogP contribution in [0.5, 0.6) is 5.75 Å². The lowest BCUT2D eigenvalue weighted by Crippen LogP contribution is -2.04. The predicted molar refractivity (Wildman–Crippen MR) is 83.3 cm³/mol. The van der Waals surface area contributed by atoms with E-state index in [2.05, 4.69) is 5.32 Å². The van der Waals surface area contributed by atoms with Crippen molar-refractivity contribution in [3.05, 3.63) is 39.3 Å². The van der Waals surface area contributed by atoms with Crippen LogP contribution in [-0.4, -0.2) is 6.61 Å². The number of hydrogen-bond acceptors (Lipinski definition) is 4. The highest BCUT2D eigenvalue weighted by atomic mass is 35.5. The van der Waals surface area contributed by atoms with Gasteiger partial charge in [0, 0.05) is 23.6 Å². The third-order valence-corrected chi connectivity index (χ3v) is 3.88. The van der Waals surface area contributed by atoms with Crippen LogP contribution < -0.4 is 15.8 Å². The summed E-state index contributed by atoms with van der Waals surface area (Å²) in [5.41, 5.74) is 6.82. The van der Waals surface area contributed by atoms with Crippen LogP contribution in [0.3, 0.4) is 0 Å². The molecule has 0 saturated heterocycles. The highest BCUT2D eigenvalue weighted by molar-refractivity contribution is 7.16. The number of rotatable bonds is 6. The molecule has 3 N–H and O–H groups in total. The Bertz CT molecular complexity index is 589. The molecule has 2 aromatic rings. The van der Waals surface area contributed by atoms with Gasteiger partial charge in [-0.05, 0) is 18.6 Å². The van der Waals surface area contributed by atoms with Gasteiger partial charge in [-0.2, -0.15) is 0 Å². The minimum Gasteiger partial charge on any atom is -0.490 e. The van der Waals surface area contributed by atoms with E-state index in [1.807, 2.05) is 19.1 Å². The summed E-state index contributed by atoms with van der Waals surface area (Å²) in [5.74, 6) is -0.228. The van der Waals surface area contributed by atoms with E-state index in [0.29, 0.717) is 24.5 Å². The molecule has 0 aliphatic rings. The van der Waals surface area contributed by atoms with Crippen LogP contribution in [0.1, 0.15) is 18.2 Å². The number of hydrogen-bond donors (Lipinski definition) is 2. The van der Waals surface area contributed by atoms with Gasteiger partial charge in [-0.1, -0.05) is 18.5 Å². The standard InChI is InChI=1S/C14H16ClFN2OS/c1-2-5-19-13-7-12(11(17)6-10(13)16)18-8-9-3-4-14(15)20-9/h3-4,6-7,18H,2,5,8,17H2,1H3. The van der Waals surface area contributed by atoms with Crippen LogP contribution in [0, 0.1) is 5.82 Å². The van der Waals surface area contributed by atoms with Crippen molar-refractivity contribution in [3.8, 4) is 5.75 Å². The largest absolute Gasteiger partial charge is 0.490 e. The molecule has 0 bridgehead atoms. The number of nitrogens with one attached hydrogen (secondary N) is 1. The van der Waals surface area contributed by atoms with Crippen molar-refractivity contribution in [1.29, 1.82) is 0 Å². The zero-order valence-corrected chi connectivity index (χ0v) is 12.7. The number of nitrogens with two attached hydrogens (primary N) is 1. The van der Waals surface area contributed by atoms with E-state index in [9.17, 15) is 4.39 Å². The van der Waals surface area contributed by atoms with Crippen LogP contribution >= 0.6 is 22.9 Å². The molecule has 0 unspecified atom stereocenters. The quantitative estimate of drug-likeness (QED) is 0.770. The van der Waals surface area contributed by atoms with Gasteiger partial charge in [0.2, 0.25) is 0 Å². The van der Waals surface area contributed by atoms with Crippen LogP contribution in [-0.2, 0) is 6.54 Å². The van der Waals surface area contributed by atoms with Crippen molar-refractivity contribution in [1.82, 2.24) is 0 Å². The zero-order valence-electron chi connectivity index (χ0n) is 11.1. The maximum Gasteiger partial charge on any atom is 0.167 e. The summed E-state index contributed by atoms with van der Waals surface area (Å²) in [4.78, 5) is 1.08. The van der Waals surface area contributed by atoms with Gasteiger partial charge in [0.05, 0.1) is 22.3 Å². The second-order valence-electron chi connectivity index (χ2n) is 4.28. The van der Waals surface area contributed by atoms with Crippen molar-refractivity contribution in [2.45, 2.75) is 19.9 Å². The Hall–Kier alpha value is -1.46. The van der Waals surface area contributed by atoms with Crippen LogP contribution in [0.25, 0.3) is 0 Å². The zero-order chi connectivity index (χ0) is 14.5. The molecule has 0 fully saturated rings. The summed E-state index contributed by atoms with van der Waals surface area (Å²) in [6.45, 7) is 3.02. The molecule has 0 amide bonds. The molecule has 0 radical (unpaired) electrons. The van der Waals surface area contributed by atoms with E-state index in [-0.39, 0.29) is 5.75 Å². The van der Waals surface area contributed by atoms with Crippen molar-refractivity contribution in [2.75, 3.05) is 17.7 Å². The number of halogens is 2. The van der Waals surface area contributed by atoms with Gasteiger partial charge in [-0.3, -0.25) is 0 Å². The van der Waals surface area contributed by atoms with E-state index in [0.717, 1.165) is 15.6 Å². The summed E-state index contributed by atoms with van der Waals surface area (Å²) < 4.78 is 19.8. The van der Waals surface area contributed by atoms with Crippen LogP contribution in [0.4, 0.5) is 15.8 Å². The van der Waals surface area contributed by atoms with Crippen molar-refractivity contribution in [3.63, 3.8) is 0 Å².